The lowest BCUT2D eigenvalue weighted by atomic mass is 10.1. The van der Waals surface area contributed by atoms with E-state index in [2.05, 4.69) is 0 Å². The maximum atomic E-state index is 10.3. The second kappa shape index (κ2) is 5.35. The van der Waals surface area contributed by atoms with Gasteiger partial charge in [-0.25, -0.2) is 4.79 Å². The minimum Gasteiger partial charge on any atom is -0.489 e. The zero-order valence-electron chi connectivity index (χ0n) is 9.78. The normalized spacial score (nSPS) is 10.7. The SMILES string of the molecule is Cc1ccc(C)c(OCC=CC(=O)O)c1C. The fourth-order valence-electron chi connectivity index (χ4n) is 1.43. The molecule has 3 nitrogen and oxygen atoms in total. The number of hydrogen-bond acceptors (Lipinski definition) is 2. The van der Waals surface area contributed by atoms with Gasteiger partial charge >= 0.3 is 5.97 Å². The smallest absolute Gasteiger partial charge is 0.328 e. The van der Waals surface area contributed by atoms with Crippen molar-refractivity contribution in [2.75, 3.05) is 6.61 Å². The highest BCUT2D eigenvalue weighted by Crippen LogP contribution is 2.25. The number of hydrogen-bond donors (Lipinski definition) is 1. The Kier molecular flexibility index (Phi) is 4.11. The Hall–Kier alpha value is -1.77. The number of rotatable bonds is 4. The minimum absolute atomic E-state index is 0.275. The number of ether oxygens (including phenoxy) is 1. The maximum Gasteiger partial charge on any atom is 0.328 e. The van der Waals surface area contributed by atoms with Crippen molar-refractivity contribution in [2.24, 2.45) is 0 Å². The molecule has 0 spiro atoms. The molecule has 0 aliphatic rings. The van der Waals surface area contributed by atoms with Crippen molar-refractivity contribution in [3.05, 3.63) is 41.0 Å². The van der Waals surface area contributed by atoms with Gasteiger partial charge in [0.1, 0.15) is 12.4 Å². The van der Waals surface area contributed by atoms with Crippen molar-refractivity contribution in [1.29, 1.82) is 0 Å². The molecule has 1 N–H and O–H groups in total. The molecule has 86 valence electrons. The average molecular weight is 220 g/mol. The number of aliphatic carboxylic acids is 1. The summed E-state index contributed by atoms with van der Waals surface area (Å²) in [5, 5.41) is 8.42. The van der Waals surface area contributed by atoms with E-state index in [1.807, 2.05) is 32.9 Å². The summed E-state index contributed by atoms with van der Waals surface area (Å²) in [6.07, 6.45) is 2.57. The van der Waals surface area contributed by atoms with Gasteiger partial charge in [-0.1, -0.05) is 12.1 Å². The van der Waals surface area contributed by atoms with E-state index >= 15 is 0 Å². The summed E-state index contributed by atoms with van der Waals surface area (Å²) >= 11 is 0. The first-order valence-corrected chi connectivity index (χ1v) is 5.11. The second-order valence-electron chi connectivity index (χ2n) is 3.71. The summed E-state index contributed by atoms with van der Waals surface area (Å²) in [7, 11) is 0. The molecule has 1 aromatic carbocycles. The molecule has 0 heterocycles. The van der Waals surface area contributed by atoms with Crippen LogP contribution in [0.1, 0.15) is 16.7 Å². The highest BCUT2D eigenvalue weighted by atomic mass is 16.5. The van der Waals surface area contributed by atoms with E-state index < -0.39 is 5.97 Å². The Morgan fingerprint density at radius 2 is 1.94 bits per heavy atom. The molecule has 0 saturated heterocycles. The molecule has 0 aromatic heterocycles. The van der Waals surface area contributed by atoms with Gasteiger partial charge in [-0.2, -0.15) is 0 Å². The van der Waals surface area contributed by atoms with Crippen molar-refractivity contribution < 1.29 is 14.6 Å². The number of carboxylic acid groups (broad SMARTS) is 1. The fraction of sp³-hybridized carbons (Fsp3) is 0.308. The van der Waals surface area contributed by atoms with Gasteiger partial charge in [0, 0.05) is 6.08 Å². The summed E-state index contributed by atoms with van der Waals surface area (Å²) in [6, 6.07) is 4.04. The molecular weight excluding hydrogens is 204 g/mol. The molecule has 1 aromatic rings. The van der Waals surface area contributed by atoms with Crippen LogP contribution in [0.2, 0.25) is 0 Å². The van der Waals surface area contributed by atoms with E-state index in [4.69, 9.17) is 9.84 Å². The van der Waals surface area contributed by atoms with Crippen LogP contribution in [0.4, 0.5) is 0 Å². The molecule has 16 heavy (non-hydrogen) atoms. The lowest BCUT2D eigenvalue weighted by molar-refractivity contribution is -0.131. The van der Waals surface area contributed by atoms with Gasteiger partial charge in [-0.05, 0) is 43.5 Å². The van der Waals surface area contributed by atoms with Gasteiger partial charge in [0.15, 0.2) is 0 Å². The number of carboxylic acids is 1. The molecule has 0 fully saturated rings. The van der Waals surface area contributed by atoms with Crippen LogP contribution in [0, 0.1) is 20.8 Å². The Bertz CT molecular complexity index is 419. The van der Waals surface area contributed by atoms with Gasteiger partial charge in [0.2, 0.25) is 0 Å². The van der Waals surface area contributed by atoms with Crippen LogP contribution >= 0.6 is 0 Å². The fourth-order valence-corrected chi connectivity index (χ4v) is 1.43. The Balaban J connectivity index is 2.74. The van der Waals surface area contributed by atoms with E-state index in [9.17, 15) is 4.79 Å². The summed E-state index contributed by atoms with van der Waals surface area (Å²) in [4.78, 5) is 10.3. The zero-order chi connectivity index (χ0) is 12.1. The molecule has 0 atom stereocenters. The van der Waals surface area contributed by atoms with Gasteiger partial charge in [0.05, 0.1) is 0 Å². The highest BCUT2D eigenvalue weighted by Gasteiger charge is 2.05. The lowest BCUT2D eigenvalue weighted by Gasteiger charge is -2.12. The third-order valence-corrected chi connectivity index (χ3v) is 2.46. The van der Waals surface area contributed by atoms with Crippen LogP contribution in [-0.2, 0) is 4.79 Å². The average Bonchev–Trinajstić information content (AvgIpc) is 2.22. The Labute approximate surface area is 95.4 Å². The maximum absolute atomic E-state index is 10.3. The largest absolute Gasteiger partial charge is 0.489 e. The molecule has 0 bridgehead atoms. The lowest BCUT2D eigenvalue weighted by Crippen LogP contribution is -2.00. The van der Waals surface area contributed by atoms with E-state index in [-0.39, 0.29) is 6.61 Å². The molecule has 0 radical (unpaired) electrons. The van der Waals surface area contributed by atoms with Gasteiger partial charge in [-0.3, -0.25) is 0 Å². The molecule has 0 unspecified atom stereocenters. The van der Waals surface area contributed by atoms with E-state index in [0.29, 0.717) is 0 Å². The Morgan fingerprint density at radius 3 is 2.56 bits per heavy atom. The van der Waals surface area contributed by atoms with Crippen LogP contribution in [0.3, 0.4) is 0 Å². The predicted molar refractivity (Wildman–Crippen MR) is 62.9 cm³/mol. The molecule has 3 heteroatoms. The first kappa shape index (κ1) is 12.3. The van der Waals surface area contributed by atoms with Crippen molar-refractivity contribution in [3.8, 4) is 5.75 Å². The minimum atomic E-state index is -0.957. The first-order chi connectivity index (χ1) is 7.52. The van der Waals surface area contributed by atoms with Gasteiger partial charge < -0.3 is 9.84 Å². The third-order valence-electron chi connectivity index (χ3n) is 2.46. The van der Waals surface area contributed by atoms with Crippen LogP contribution in [0.25, 0.3) is 0 Å². The van der Waals surface area contributed by atoms with Crippen molar-refractivity contribution in [1.82, 2.24) is 0 Å². The topological polar surface area (TPSA) is 46.5 Å². The van der Waals surface area contributed by atoms with Crippen LogP contribution < -0.4 is 4.74 Å². The van der Waals surface area contributed by atoms with E-state index in [0.717, 1.165) is 23.0 Å². The van der Waals surface area contributed by atoms with Gasteiger partial charge in [-0.15, -0.1) is 0 Å². The molecule has 0 amide bonds. The molecule has 0 aliphatic heterocycles. The molecular formula is C13H16O3. The second-order valence-corrected chi connectivity index (χ2v) is 3.71. The number of carbonyl (C=O) groups is 1. The standard InChI is InChI=1S/C13H16O3/c1-9-6-7-10(2)13(11(9)3)16-8-4-5-12(14)15/h4-7H,8H2,1-3H3,(H,14,15). The highest BCUT2D eigenvalue weighted by molar-refractivity contribution is 5.79. The van der Waals surface area contributed by atoms with E-state index in [1.54, 1.807) is 0 Å². The van der Waals surface area contributed by atoms with Crippen LogP contribution in [0.5, 0.6) is 5.75 Å². The summed E-state index contributed by atoms with van der Waals surface area (Å²) in [5.41, 5.74) is 3.33. The van der Waals surface area contributed by atoms with Crippen molar-refractivity contribution >= 4 is 5.97 Å². The first-order valence-electron chi connectivity index (χ1n) is 5.11. The molecule has 0 aliphatic carbocycles. The van der Waals surface area contributed by atoms with Crippen LogP contribution in [0.15, 0.2) is 24.3 Å². The number of benzene rings is 1. The predicted octanol–water partition coefficient (Wildman–Crippen LogP) is 2.63. The molecule has 1 rings (SSSR count). The summed E-state index contributed by atoms with van der Waals surface area (Å²) in [5.74, 6) is -0.115. The monoisotopic (exact) mass is 220 g/mol. The van der Waals surface area contributed by atoms with Crippen molar-refractivity contribution in [3.63, 3.8) is 0 Å². The van der Waals surface area contributed by atoms with E-state index in [1.165, 1.54) is 11.6 Å². The van der Waals surface area contributed by atoms with Crippen molar-refractivity contribution in [2.45, 2.75) is 20.8 Å². The van der Waals surface area contributed by atoms with Crippen LogP contribution in [-0.4, -0.2) is 17.7 Å². The third kappa shape index (κ3) is 3.12. The Morgan fingerprint density at radius 1 is 1.31 bits per heavy atom. The zero-order valence-corrected chi connectivity index (χ0v) is 9.78. The number of aryl methyl sites for hydroxylation is 2. The quantitative estimate of drug-likeness (QED) is 0.793. The summed E-state index contributed by atoms with van der Waals surface area (Å²) in [6.45, 7) is 6.27. The summed E-state index contributed by atoms with van der Waals surface area (Å²) < 4.78 is 5.55. The van der Waals surface area contributed by atoms with Gasteiger partial charge in [0.25, 0.3) is 0 Å². The molecule has 0 saturated carbocycles.